The van der Waals surface area contributed by atoms with Crippen LogP contribution in [-0.2, 0) is 4.79 Å². The van der Waals surface area contributed by atoms with Crippen LogP contribution in [0.4, 0.5) is 5.69 Å². The number of fused-ring (bicyclic) bond motifs is 1. The molecule has 1 aliphatic carbocycles. The summed E-state index contributed by atoms with van der Waals surface area (Å²) in [5.74, 6) is 0.954. The number of rotatable bonds is 0. The fourth-order valence-electron chi connectivity index (χ4n) is 2.99. The Morgan fingerprint density at radius 2 is 2.00 bits per heavy atom. The lowest BCUT2D eigenvalue weighted by Gasteiger charge is -2.33. The lowest BCUT2D eigenvalue weighted by Crippen LogP contribution is -2.41. The van der Waals surface area contributed by atoms with E-state index in [1.54, 1.807) is 0 Å². The van der Waals surface area contributed by atoms with Gasteiger partial charge in [0, 0.05) is 0 Å². The second kappa shape index (κ2) is 4.30. The van der Waals surface area contributed by atoms with E-state index in [1.807, 2.05) is 25.1 Å². The van der Waals surface area contributed by atoms with Gasteiger partial charge in [-0.25, -0.2) is 0 Å². The van der Waals surface area contributed by atoms with E-state index in [0.717, 1.165) is 42.7 Å². The monoisotopic (exact) mass is 245 g/mol. The summed E-state index contributed by atoms with van der Waals surface area (Å²) in [6, 6.07) is 5.93. The summed E-state index contributed by atoms with van der Waals surface area (Å²) in [6.07, 6.45) is 5.40. The number of benzene rings is 1. The van der Waals surface area contributed by atoms with E-state index in [9.17, 15) is 4.79 Å². The second-order valence-electron chi connectivity index (χ2n) is 5.58. The summed E-state index contributed by atoms with van der Waals surface area (Å²) in [4.78, 5) is 12.4. The summed E-state index contributed by atoms with van der Waals surface area (Å²) >= 11 is 0. The van der Waals surface area contributed by atoms with E-state index in [-0.39, 0.29) is 11.3 Å². The molecule has 1 aromatic carbocycles. The average molecular weight is 245 g/mol. The molecule has 0 saturated heterocycles. The standard InChI is InChI=1S/C15H19NO2/c1-11-5-6-12-13(9-11)18-10-15(14(17)16-12)7-3-2-4-8-15/h5-6,9H,2-4,7-8,10H2,1H3,(H,16,17). The Bertz CT molecular complexity index is 475. The largest absolute Gasteiger partial charge is 0.490 e. The van der Waals surface area contributed by atoms with Gasteiger partial charge in [-0.1, -0.05) is 25.3 Å². The van der Waals surface area contributed by atoms with Gasteiger partial charge in [-0.15, -0.1) is 0 Å². The SMILES string of the molecule is Cc1ccc2c(c1)OCC1(CCCCC1)C(=O)N2. The molecule has 0 atom stereocenters. The number of ether oxygens (including phenoxy) is 1. The van der Waals surface area contributed by atoms with Crippen molar-refractivity contribution in [2.45, 2.75) is 39.0 Å². The van der Waals surface area contributed by atoms with E-state index in [1.165, 1.54) is 6.42 Å². The zero-order valence-corrected chi connectivity index (χ0v) is 10.8. The third-order valence-electron chi connectivity index (χ3n) is 4.18. The molecule has 3 nitrogen and oxygen atoms in total. The Hall–Kier alpha value is -1.51. The second-order valence-corrected chi connectivity index (χ2v) is 5.58. The lowest BCUT2D eigenvalue weighted by molar-refractivity contribution is -0.128. The molecule has 1 fully saturated rings. The third-order valence-corrected chi connectivity index (χ3v) is 4.18. The maximum atomic E-state index is 12.4. The molecular formula is C15H19NO2. The highest BCUT2D eigenvalue weighted by Crippen LogP contribution is 2.41. The lowest BCUT2D eigenvalue weighted by atomic mass is 9.74. The van der Waals surface area contributed by atoms with E-state index in [4.69, 9.17) is 4.74 Å². The first-order valence-corrected chi connectivity index (χ1v) is 6.75. The zero-order valence-electron chi connectivity index (χ0n) is 10.8. The van der Waals surface area contributed by atoms with Crippen LogP contribution in [0.5, 0.6) is 5.75 Å². The number of nitrogens with one attached hydrogen (secondary N) is 1. The molecule has 1 saturated carbocycles. The van der Waals surface area contributed by atoms with Crippen LogP contribution in [-0.4, -0.2) is 12.5 Å². The maximum absolute atomic E-state index is 12.4. The average Bonchev–Trinajstić information content (AvgIpc) is 2.51. The quantitative estimate of drug-likeness (QED) is 0.761. The summed E-state index contributed by atoms with van der Waals surface area (Å²) in [5, 5.41) is 3.05. The molecule has 1 aromatic rings. The fraction of sp³-hybridized carbons (Fsp3) is 0.533. The van der Waals surface area contributed by atoms with Crippen LogP contribution in [0.1, 0.15) is 37.7 Å². The van der Waals surface area contributed by atoms with E-state index < -0.39 is 0 Å². The van der Waals surface area contributed by atoms with Gasteiger partial charge in [0.05, 0.1) is 11.1 Å². The number of aryl methyl sites for hydroxylation is 1. The van der Waals surface area contributed by atoms with E-state index in [2.05, 4.69) is 5.32 Å². The minimum atomic E-state index is -0.300. The fourth-order valence-corrected chi connectivity index (χ4v) is 2.99. The minimum absolute atomic E-state index is 0.143. The molecule has 96 valence electrons. The molecule has 1 aliphatic heterocycles. The van der Waals surface area contributed by atoms with Crippen LogP contribution < -0.4 is 10.1 Å². The summed E-state index contributed by atoms with van der Waals surface area (Å²) in [6.45, 7) is 2.56. The Balaban J connectivity index is 1.92. The molecule has 0 radical (unpaired) electrons. The first kappa shape index (κ1) is 11.6. The number of carbonyl (C=O) groups excluding carboxylic acids is 1. The molecule has 3 rings (SSSR count). The number of carbonyl (C=O) groups is 1. The van der Waals surface area contributed by atoms with Crippen LogP contribution >= 0.6 is 0 Å². The van der Waals surface area contributed by atoms with Crippen molar-refractivity contribution in [1.29, 1.82) is 0 Å². The smallest absolute Gasteiger partial charge is 0.234 e. The molecule has 1 heterocycles. The highest BCUT2D eigenvalue weighted by atomic mass is 16.5. The number of hydrogen-bond donors (Lipinski definition) is 1. The molecule has 1 spiro atoms. The Kier molecular flexibility index (Phi) is 2.77. The normalized spacial score (nSPS) is 21.7. The molecule has 1 N–H and O–H groups in total. The van der Waals surface area contributed by atoms with Gasteiger partial charge >= 0.3 is 0 Å². The van der Waals surface area contributed by atoms with Crippen molar-refractivity contribution in [3.05, 3.63) is 23.8 Å². The minimum Gasteiger partial charge on any atom is -0.490 e. The van der Waals surface area contributed by atoms with Gasteiger partial charge in [-0.05, 0) is 37.5 Å². The van der Waals surface area contributed by atoms with Crippen LogP contribution in [0.2, 0.25) is 0 Å². The predicted molar refractivity (Wildman–Crippen MR) is 70.8 cm³/mol. The van der Waals surface area contributed by atoms with Crippen molar-refractivity contribution in [2.75, 3.05) is 11.9 Å². The molecule has 1 amide bonds. The third kappa shape index (κ3) is 1.88. The summed E-state index contributed by atoms with van der Waals surface area (Å²) in [7, 11) is 0. The van der Waals surface area contributed by atoms with Gasteiger partial charge in [-0.3, -0.25) is 4.79 Å². The van der Waals surface area contributed by atoms with Crippen molar-refractivity contribution in [1.82, 2.24) is 0 Å². The summed E-state index contributed by atoms with van der Waals surface area (Å²) in [5.41, 5.74) is 1.67. The number of hydrogen-bond acceptors (Lipinski definition) is 2. The van der Waals surface area contributed by atoms with Crippen molar-refractivity contribution >= 4 is 11.6 Å². The Morgan fingerprint density at radius 3 is 2.78 bits per heavy atom. The van der Waals surface area contributed by atoms with E-state index in [0.29, 0.717) is 6.61 Å². The molecule has 2 aliphatic rings. The molecule has 0 unspecified atom stereocenters. The number of amides is 1. The van der Waals surface area contributed by atoms with Crippen molar-refractivity contribution in [3.8, 4) is 5.75 Å². The molecule has 0 aromatic heterocycles. The molecule has 0 bridgehead atoms. The Morgan fingerprint density at radius 1 is 1.22 bits per heavy atom. The van der Waals surface area contributed by atoms with Crippen molar-refractivity contribution in [3.63, 3.8) is 0 Å². The van der Waals surface area contributed by atoms with Crippen molar-refractivity contribution in [2.24, 2.45) is 5.41 Å². The topological polar surface area (TPSA) is 38.3 Å². The zero-order chi connectivity index (χ0) is 12.6. The Labute approximate surface area is 108 Å². The van der Waals surface area contributed by atoms with Crippen LogP contribution in [0.15, 0.2) is 18.2 Å². The van der Waals surface area contributed by atoms with Gasteiger partial charge in [0.15, 0.2) is 0 Å². The van der Waals surface area contributed by atoms with Gasteiger partial charge in [0.2, 0.25) is 5.91 Å². The molecule has 3 heteroatoms. The van der Waals surface area contributed by atoms with Gasteiger partial charge in [0.1, 0.15) is 12.4 Å². The molecule has 18 heavy (non-hydrogen) atoms. The van der Waals surface area contributed by atoms with Gasteiger partial charge in [0.25, 0.3) is 0 Å². The highest BCUT2D eigenvalue weighted by Gasteiger charge is 2.42. The van der Waals surface area contributed by atoms with Crippen LogP contribution in [0, 0.1) is 12.3 Å². The van der Waals surface area contributed by atoms with Crippen LogP contribution in [0.25, 0.3) is 0 Å². The molecular weight excluding hydrogens is 226 g/mol. The first-order valence-electron chi connectivity index (χ1n) is 6.75. The van der Waals surface area contributed by atoms with E-state index >= 15 is 0 Å². The van der Waals surface area contributed by atoms with Crippen molar-refractivity contribution < 1.29 is 9.53 Å². The maximum Gasteiger partial charge on any atom is 0.234 e. The van der Waals surface area contributed by atoms with Gasteiger partial charge < -0.3 is 10.1 Å². The number of anilines is 1. The van der Waals surface area contributed by atoms with Crippen LogP contribution in [0.3, 0.4) is 0 Å². The summed E-state index contributed by atoms with van der Waals surface area (Å²) < 4.78 is 5.91. The highest BCUT2D eigenvalue weighted by molar-refractivity contribution is 5.97. The first-order chi connectivity index (χ1) is 8.70. The predicted octanol–water partition coefficient (Wildman–Crippen LogP) is 3.28. The van der Waals surface area contributed by atoms with Gasteiger partial charge in [-0.2, -0.15) is 0 Å².